The van der Waals surface area contributed by atoms with E-state index in [9.17, 15) is 4.79 Å². The van der Waals surface area contributed by atoms with Gasteiger partial charge < -0.3 is 4.74 Å². The lowest BCUT2D eigenvalue weighted by molar-refractivity contribution is 0.103. The SMILES string of the molecule is CCCOc1cncc(C(=O)c2cccc(C)c2Cl)c1. The number of halogens is 1. The number of carbonyl (C=O) groups is 1. The van der Waals surface area contributed by atoms with Crippen LogP contribution in [0.1, 0.15) is 34.8 Å². The maximum Gasteiger partial charge on any atom is 0.196 e. The number of aryl methyl sites for hydroxylation is 1. The van der Waals surface area contributed by atoms with Crippen LogP contribution in [0.15, 0.2) is 36.7 Å². The summed E-state index contributed by atoms with van der Waals surface area (Å²) in [5.41, 5.74) is 1.84. The van der Waals surface area contributed by atoms with E-state index in [4.69, 9.17) is 16.3 Å². The molecule has 0 bridgehead atoms. The molecule has 0 unspecified atom stereocenters. The first-order valence-electron chi connectivity index (χ1n) is 6.51. The Morgan fingerprint density at radius 2 is 2.15 bits per heavy atom. The van der Waals surface area contributed by atoms with Crippen LogP contribution in [0.25, 0.3) is 0 Å². The summed E-state index contributed by atoms with van der Waals surface area (Å²) >= 11 is 6.19. The lowest BCUT2D eigenvalue weighted by atomic mass is 10.0. The van der Waals surface area contributed by atoms with E-state index in [1.54, 1.807) is 18.3 Å². The van der Waals surface area contributed by atoms with Gasteiger partial charge in [-0.05, 0) is 31.0 Å². The van der Waals surface area contributed by atoms with Gasteiger partial charge >= 0.3 is 0 Å². The zero-order valence-corrected chi connectivity index (χ0v) is 12.3. The van der Waals surface area contributed by atoms with E-state index in [-0.39, 0.29) is 5.78 Å². The molecule has 1 heterocycles. The molecular weight excluding hydrogens is 274 g/mol. The summed E-state index contributed by atoms with van der Waals surface area (Å²) in [6.45, 7) is 4.50. The number of ether oxygens (including phenoxy) is 1. The normalized spacial score (nSPS) is 10.3. The smallest absolute Gasteiger partial charge is 0.196 e. The van der Waals surface area contributed by atoms with Crippen LogP contribution in [0.5, 0.6) is 5.75 Å². The Hall–Kier alpha value is -1.87. The summed E-state index contributed by atoms with van der Waals surface area (Å²) in [6.07, 6.45) is 4.03. The zero-order valence-electron chi connectivity index (χ0n) is 11.5. The van der Waals surface area contributed by atoms with Crippen molar-refractivity contribution in [3.8, 4) is 5.75 Å². The number of aromatic nitrogens is 1. The fourth-order valence-corrected chi connectivity index (χ4v) is 2.03. The Balaban J connectivity index is 2.31. The minimum absolute atomic E-state index is 0.145. The van der Waals surface area contributed by atoms with E-state index in [2.05, 4.69) is 4.98 Å². The first-order valence-corrected chi connectivity index (χ1v) is 6.89. The lowest BCUT2D eigenvalue weighted by Gasteiger charge is -2.08. The minimum Gasteiger partial charge on any atom is -0.492 e. The van der Waals surface area contributed by atoms with Crippen molar-refractivity contribution in [3.05, 3.63) is 58.4 Å². The van der Waals surface area contributed by atoms with Crippen LogP contribution in [-0.4, -0.2) is 17.4 Å². The highest BCUT2D eigenvalue weighted by Gasteiger charge is 2.15. The van der Waals surface area contributed by atoms with Crippen LogP contribution < -0.4 is 4.74 Å². The maximum atomic E-state index is 12.5. The predicted octanol–water partition coefficient (Wildman–Crippen LogP) is 4.06. The molecule has 3 nitrogen and oxygen atoms in total. The molecule has 0 fully saturated rings. The summed E-state index contributed by atoms with van der Waals surface area (Å²) < 4.78 is 5.49. The quantitative estimate of drug-likeness (QED) is 0.779. The first kappa shape index (κ1) is 14.5. The molecule has 4 heteroatoms. The van der Waals surface area contributed by atoms with E-state index in [1.165, 1.54) is 6.20 Å². The molecule has 0 aliphatic heterocycles. The number of rotatable bonds is 5. The summed E-state index contributed by atoms with van der Waals surface area (Å²) in [6, 6.07) is 7.11. The molecule has 0 N–H and O–H groups in total. The largest absolute Gasteiger partial charge is 0.492 e. The molecule has 0 radical (unpaired) electrons. The molecule has 20 heavy (non-hydrogen) atoms. The average Bonchev–Trinajstić information content (AvgIpc) is 2.47. The summed E-state index contributed by atoms with van der Waals surface area (Å²) in [7, 11) is 0. The van der Waals surface area contributed by atoms with E-state index in [1.807, 2.05) is 26.0 Å². The van der Waals surface area contributed by atoms with Gasteiger partial charge in [-0.2, -0.15) is 0 Å². The standard InChI is InChI=1S/C16H16ClNO2/c1-3-7-20-13-8-12(9-18-10-13)16(19)14-6-4-5-11(2)15(14)17/h4-6,8-10H,3,7H2,1-2H3. The Labute approximate surface area is 123 Å². The van der Waals surface area contributed by atoms with Crippen molar-refractivity contribution >= 4 is 17.4 Å². The summed E-state index contributed by atoms with van der Waals surface area (Å²) in [4.78, 5) is 16.5. The van der Waals surface area contributed by atoms with Crippen molar-refractivity contribution in [2.75, 3.05) is 6.61 Å². The molecule has 0 atom stereocenters. The highest BCUT2D eigenvalue weighted by Crippen LogP contribution is 2.24. The number of nitrogens with zero attached hydrogens (tertiary/aromatic N) is 1. The van der Waals surface area contributed by atoms with Crippen molar-refractivity contribution in [2.45, 2.75) is 20.3 Å². The van der Waals surface area contributed by atoms with Crippen LogP contribution in [0.3, 0.4) is 0 Å². The Bertz CT molecular complexity index is 626. The van der Waals surface area contributed by atoms with Crippen molar-refractivity contribution in [1.29, 1.82) is 0 Å². The molecule has 104 valence electrons. The molecule has 1 aromatic carbocycles. The molecular formula is C16H16ClNO2. The summed E-state index contributed by atoms with van der Waals surface area (Å²) in [5.74, 6) is 0.453. The third-order valence-corrected chi connectivity index (χ3v) is 3.39. The number of hydrogen-bond acceptors (Lipinski definition) is 3. The fraction of sp³-hybridized carbons (Fsp3) is 0.250. The second kappa shape index (κ2) is 6.53. The van der Waals surface area contributed by atoms with E-state index < -0.39 is 0 Å². The number of ketones is 1. The predicted molar refractivity (Wildman–Crippen MR) is 79.6 cm³/mol. The Kier molecular flexibility index (Phi) is 4.74. The summed E-state index contributed by atoms with van der Waals surface area (Å²) in [5, 5.41) is 0.484. The van der Waals surface area contributed by atoms with E-state index in [0.717, 1.165) is 12.0 Å². The second-order valence-corrected chi connectivity index (χ2v) is 4.90. The van der Waals surface area contributed by atoms with Crippen LogP contribution in [0, 0.1) is 6.92 Å². The Morgan fingerprint density at radius 3 is 2.90 bits per heavy atom. The lowest BCUT2D eigenvalue weighted by Crippen LogP contribution is -2.05. The van der Waals surface area contributed by atoms with Gasteiger partial charge in [0.1, 0.15) is 5.75 Å². The van der Waals surface area contributed by atoms with Gasteiger partial charge in [0.2, 0.25) is 0 Å². The van der Waals surface area contributed by atoms with Crippen LogP contribution >= 0.6 is 11.6 Å². The van der Waals surface area contributed by atoms with Crippen LogP contribution in [0.2, 0.25) is 5.02 Å². The molecule has 0 spiro atoms. The molecule has 0 aliphatic rings. The van der Waals surface area contributed by atoms with Gasteiger partial charge in [0.25, 0.3) is 0 Å². The Morgan fingerprint density at radius 1 is 1.35 bits per heavy atom. The fourth-order valence-electron chi connectivity index (χ4n) is 1.82. The van der Waals surface area contributed by atoms with Crippen LogP contribution in [-0.2, 0) is 0 Å². The molecule has 0 amide bonds. The molecule has 1 aromatic heterocycles. The van der Waals surface area contributed by atoms with E-state index in [0.29, 0.717) is 28.5 Å². The zero-order chi connectivity index (χ0) is 14.5. The van der Waals surface area contributed by atoms with Crippen molar-refractivity contribution < 1.29 is 9.53 Å². The maximum absolute atomic E-state index is 12.5. The highest BCUT2D eigenvalue weighted by atomic mass is 35.5. The molecule has 0 saturated carbocycles. The molecule has 0 aliphatic carbocycles. The second-order valence-electron chi connectivity index (χ2n) is 4.52. The molecule has 2 aromatic rings. The number of hydrogen-bond donors (Lipinski definition) is 0. The number of pyridine rings is 1. The number of carbonyl (C=O) groups excluding carboxylic acids is 1. The topological polar surface area (TPSA) is 39.2 Å². The van der Waals surface area contributed by atoms with Gasteiger partial charge in [-0.1, -0.05) is 30.7 Å². The van der Waals surface area contributed by atoms with Crippen LogP contribution in [0.4, 0.5) is 0 Å². The van der Waals surface area contributed by atoms with Gasteiger partial charge in [-0.15, -0.1) is 0 Å². The van der Waals surface area contributed by atoms with E-state index >= 15 is 0 Å². The minimum atomic E-state index is -0.145. The average molecular weight is 290 g/mol. The monoisotopic (exact) mass is 289 g/mol. The van der Waals surface area contributed by atoms with Gasteiger partial charge in [0.05, 0.1) is 17.8 Å². The van der Waals surface area contributed by atoms with Crippen molar-refractivity contribution in [2.24, 2.45) is 0 Å². The molecule has 0 saturated heterocycles. The van der Waals surface area contributed by atoms with Gasteiger partial charge in [-0.25, -0.2) is 0 Å². The van der Waals surface area contributed by atoms with Gasteiger partial charge in [-0.3, -0.25) is 9.78 Å². The highest BCUT2D eigenvalue weighted by molar-refractivity contribution is 6.35. The van der Waals surface area contributed by atoms with Crippen molar-refractivity contribution in [1.82, 2.24) is 4.98 Å². The van der Waals surface area contributed by atoms with Gasteiger partial charge in [0, 0.05) is 17.3 Å². The third-order valence-electron chi connectivity index (χ3n) is 2.88. The molecule has 2 rings (SSSR count). The third kappa shape index (κ3) is 3.17. The first-order chi connectivity index (χ1) is 9.63. The van der Waals surface area contributed by atoms with Gasteiger partial charge in [0.15, 0.2) is 5.78 Å². The number of benzene rings is 1. The van der Waals surface area contributed by atoms with Crippen molar-refractivity contribution in [3.63, 3.8) is 0 Å².